The summed E-state index contributed by atoms with van der Waals surface area (Å²) in [4.78, 5) is 2.23. The highest BCUT2D eigenvalue weighted by atomic mass is 35.5. The molecule has 0 unspecified atom stereocenters. The van der Waals surface area contributed by atoms with Crippen LogP contribution < -0.4 is 0 Å². The van der Waals surface area contributed by atoms with Crippen LogP contribution in [0, 0.1) is 0 Å². The maximum absolute atomic E-state index is 6.23. The van der Waals surface area contributed by atoms with Gasteiger partial charge in [-0.25, -0.2) is 0 Å². The first kappa shape index (κ1) is 13.1. The molecule has 3 rings (SSSR count). The number of rotatable bonds is 1. The molecule has 0 N–H and O–H groups in total. The quantitative estimate of drug-likeness (QED) is 0.708. The first-order valence-electron chi connectivity index (χ1n) is 7.21. The van der Waals surface area contributed by atoms with Crippen LogP contribution in [0.2, 0.25) is 5.02 Å². The molecular formula is C17H22ClN. The molecule has 0 saturated heterocycles. The number of hydrogen-bond acceptors (Lipinski definition) is 1. The molecule has 0 heterocycles. The van der Waals surface area contributed by atoms with Crippen LogP contribution in [0.1, 0.15) is 50.2 Å². The molecule has 2 aliphatic carbocycles. The van der Waals surface area contributed by atoms with Gasteiger partial charge in [0, 0.05) is 30.2 Å². The third-order valence-electron chi connectivity index (χ3n) is 5.06. The molecule has 2 heteroatoms. The van der Waals surface area contributed by atoms with Crippen LogP contribution >= 0.6 is 11.6 Å². The van der Waals surface area contributed by atoms with Gasteiger partial charge in [0.15, 0.2) is 0 Å². The molecule has 0 aromatic heterocycles. The predicted molar refractivity (Wildman–Crippen MR) is 82.5 cm³/mol. The molecule has 1 nitrogen and oxygen atoms in total. The average molecular weight is 276 g/mol. The van der Waals surface area contributed by atoms with E-state index in [-0.39, 0.29) is 0 Å². The summed E-state index contributed by atoms with van der Waals surface area (Å²) >= 11 is 6.23. The lowest BCUT2D eigenvalue weighted by Gasteiger charge is -2.24. The van der Waals surface area contributed by atoms with Crippen molar-refractivity contribution >= 4 is 17.2 Å². The van der Waals surface area contributed by atoms with Crippen molar-refractivity contribution in [3.63, 3.8) is 0 Å². The number of hydrogen-bond donors (Lipinski definition) is 0. The van der Waals surface area contributed by atoms with E-state index in [0.29, 0.717) is 5.41 Å². The molecule has 0 aliphatic heterocycles. The van der Waals surface area contributed by atoms with Gasteiger partial charge in [0.05, 0.1) is 0 Å². The third kappa shape index (κ3) is 1.99. The van der Waals surface area contributed by atoms with E-state index in [2.05, 4.69) is 44.1 Å². The minimum atomic E-state index is 0.409. The Morgan fingerprint density at radius 1 is 1.21 bits per heavy atom. The second-order valence-electron chi connectivity index (χ2n) is 6.31. The fourth-order valence-electron chi connectivity index (χ4n) is 3.85. The highest BCUT2D eigenvalue weighted by Gasteiger charge is 2.43. The first-order valence-corrected chi connectivity index (χ1v) is 7.59. The smallest absolute Gasteiger partial charge is 0.0412 e. The number of halogens is 1. The third-order valence-corrected chi connectivity index (χ3v) is 5.30. The Morgan fingerprint density at radius 3 is 2.53 bits per heavy atom. The van der Waals surface area contributed by atoms with Crippen LogP contribution in [0.25, 0.3) is 5.57 Å². The molecule has 0 amide bonds. The topological polar surface area (TPSA) is 3.24 Å². The fraction of sp³-hybridized carbons (Fsp3) is 0.529. The Balaban J connectivity index is 2.19. The predicted octanol–water partition coefficient (Wildman–Crippen LogP) is 4.85. The lowest BCUT2D eigenvalue weighted by molar-refractivity contribution is 0.462. The van der Waals surface area contributed by atoms with E-state index in [1.54, 1.807) is 5.56 Å². The van der Waals surface area contributed by atoms with E-state index < -0.39 is 0 Å². The Morgan fingerprint density at radius 2 is 1.89 bits per heavy atom. The summed E-state index contributed by atoms with van der Waals surface area (Å²) in [5.74, 6) is 0. The van der Waals surface area contributed by atoms with Crippen molar-refractivity contribution in [1.29, 1.82) is 0 Å². The van der Waals surface area contributed by atoms with E-state index in [1.807, 2.05) is 0 Å². The van der Waals surface area contributed by atoms with Crippen molar-refractivity contribution in [3.05, 3.63) is 40.0 Å². The fourth-order valence-corrected chi connectivity index (χ4v) is 4.02. The van der Waals surface area contributed by atoms with Crippen LogP contribution in [0.4, 0.5) is 0 Å². The van der Waals surface area contributed by atoms with Crippen LogP contribution in [-0.2, 0) is 5.41 Å². The molecular weight excluding hydrogens is 254 g/mol. The van der Waals surface area contributed by atoms with Crippen molar-refractivity contribution in [2.45, 2.75) is 44.4 Å². The summed E-state index contributed by atoms with van der Waals surface area (Å²) in [6.07, 6.45) is 6.62. The summed E-state index contributed by atoms with van der Waals surface area (Å²) < 4.78 is 0. The summed E-state index contributed by atoms with van der Waals surface area (Å²) in [5.41, 5.74) is 6.25. The number of allylic oxidation sites excluding steroid dienone is 2. The van der Waals surface area contributed by atoms with Crippen molar-refractivity contribution < 1.29 is 0 Å². The minimum Gasteiger partial charge on any atom is -0.381 e. The average Bonchev–Trinajstić information content (AvgIpc) is 2.95. The lowest BCUT2D eigenvalue weighted by Crippen LogP contribution is -2.17. The van der Waals surface area contributed by atoms with E-state index in [4.69, 9.17) is 11.6 Å². The Labute approximate surface area is 121 Å². The van der Waals surface area contributed by atoms with Gasteiger partial charge in [-0.15, -0.1) is 0 Å². The zero-order chi connectivity index (χ0) is 13.6. The van der Waals surface area contributed by atoms with Gasteiger partial charge in [0.2, 0.25) is 0 Å². The van der Waals surface area contributed by atoms with Gasteiger partial charge in [-0.2, -0.15) is 0 Å². The highest BCUT2D eigenvalue weighted by molar-refractivity contribution is 6.30. The largest absolute Gasteiger partial charge is 0.381 e. The van der Waals surface area contributed by atoms with Crippen molar-refractivity contribution in [2.75, 3.05) is 14.1 Å². The van der Waals surface area contributed by atoms with Crippen molar-refractivity contribution in [2.24, 2.45) is 0 Å². The standard InChI is InChI=1S/C17H22ClN/c1-12(19(2)3)15-11-17(8-4-5-9-17)16-7-6-13(18)10-14(15)16/h6-7,10H,4-5,8-9,11H2,1-3H3/b15-12-. The lowest BCUT2D eigenvalue weighted by atomic mass is 9.80. The highest BCUT2D eigenvalue weighted by Crippen LogP contribution is 2.55. The summed E-state index contributed by atoms with van der Waals surface area (Å²) in [6, 6.07) is 6.51. The Bertz CT molecular complexity index is 536. The molecule has 19 heavy (non-hydrogen) atoms. The maximum atomic E-state index is 6.23. The van der Waals surface area contributed by atoms with Gasteiger partial charge in [-0.05, 0) is 55.0 Å². The molecule has 102 valence electrons. The molecule has 1 saturated carbocycles. The Hall–Kier alpha value is -0.950. The van der Waals surface area contributed by atoms with E-state index in [0.717, 1.165) is 5.02 Å². The minimum absolute atomic E-state index is 0.409. The molecule has 1 fully saturated rings. The first-order chi connectivity index (χ1) is 9.03. The van der Waals surface area contributed by atoms with Gasteiger partial charge in [-0.1, -0.05) is 30.5 Å². The zero-order valence-corrected chi connectivity index (χ0v) is 12.8. The van der Waals surface area contributed by atoms with Crippen LogP contribution in [0.15, 0.2) is 23.9 Å². The summed E-state index contributed by atoms with van der Waals surface area (Å²) in [7, 11) is 4.26. The van der Waals surface area contributed by atoms with Gasteiger partial charge >= 0.3 is 0 Å². The molecule has 1 aromatic carbocycles. The van der Waals surface area contributed by atoms with Crippen molar-refractivity contribution in [1.82, 2.24) is 4.90 Å². The summed E-state index contributed by atoms with van der Waals surface area (Å²) in [6.45, 7) is 2.23. The summed E-state index contributed by atoms with van der Waals surface area (Å²) in [5, 5.41) is 0.859. The molecule has 0 radical (unpaired) electrons. The molecule has 0 bridgehead atoms. The second-order valence-corrected chi connectivity index (χ2v) is 6.75. The molecule has 2 aliphatic rings. The number of nitrogens with zero attached hydrogens (tertiary/aromatic N) is 1. The molecule has 0 atom stereocenters. The van der Waals surface area contributed by atoms with Gasteiger partial charge in [0.1, 0.15) is 0 Å². The van der Waals surface area contributed by atoms with E-state index in [9.17, 15) is 0 Å². The zero-order valence-electron chi connectivity index (χ0n) is 12.1. The van der Waals surface area contributed by atoms with Crippen LogP contribution in [0.5, 0.6) is 0 Å². The molecule has 1 aromatic rings. The van der Waals surface area contributed by atoms with Crippen molar-refractivity contribution in [3.8, 4) is 0 Å². The number of fused-ring (bicyclic) bond motifs is 2. The van der Waals surface area contributed by atoms with E-state index >= 15 is 0 Å². The number of benzene rings is 1. The van der Waals surface area contributed by atoms with Crippen LogP contribution in [0.3, 0.4) is 0 Å². The second kappa shape index (κ2) is 4.56. The molecule has 1 spiro atoms. The van der Waals surface area contributed by atoms with E-state index in [1.165, 1.54) is 48.9 Å². The Kier molecular flexibility index (Phi) is 3.13. The van der Waals surface area contributed by atoms with Gasteiger partial charge in [-0.3, -0.25) is 0 Å². The monoisotopic (exact) mass is 275 g/mol. The maximum Gasteiger partial charge on any atom is 0.0412 e. The SMILES string of the molecule is C/C(=C1\CC2(CCCC2)c2ccc(Cl)cc21)N(C)C. The van der Waals surface area contributed by atoms with Gasteiger partial charge < -0.3 is 4.90 Å². The van der Waals surface area contributed by atoms with Gasteiger partial charge in [0.25, 0.3) is 0 Å². The van der Waals surface area contributed by atoms with Crippen LogP contribution in [-0.4, -0.2) is 19.0 Å². The normalized spacial score (nSPS) is 22.7.